The van der Waals surface area contributed by atoms with E-state index < -0.39 is 0 Å². The second-order valence-corrected chi connectivity index (χ2v) is 7.20. The maximum absolute atomic E-state index is 12.8. The molecule has 1 N–H and O–H groups in total. The molecule has 2 aliphatic rings. The van der Waals surface area contributed by atoms with E-state index >= 15 is 0 Å². The Morgan fingerprint density at radius 3 is 2.12 bits per heavy atom. The Hall–Kier alpha value is -1.18. The highest BCUT2D eigenvalue weighted by molar-refractivity contribution is 5.82. The molecule has 2 saturated heterocycles. The molecule has 3 unspecified atom stereocenters. The van der Waals surface area contributed by atoms with Gasteiger partial charge >= 0.3 is 0 Å². The molecule has 0 aromatic heterocycles. The third-order valence-corrected chi connectivity index (χ3v) is 5.24. The lowest BCUT2D eigenvalue weighted by Crippen LogP contribution is -2.60. The number of aliphatic hydroxyl groups excluding tert-OH is 1. The molecule has 7 nitrogen and oxygen atoms in total. The van der Waals surface area contributed by atoms with Gasteiger partial charge in [-0.15, -0.1) is 0 Å². The van der Waals surface area contributed by atoms with Gasteiger partial charge in [-0.05, 0) is 20.8 Å². The summed E-state index contributed by atoms with van der Waals surface area (Å²) in [6.07, 6.45) is -0.323. The van der Waals surface area contributed by atoms with E-state index in [9.17, 15) is 14.7 Å². The third-order valence-electron chi connectivity index (χ3n) is 5.24. The van der Waals surface area contributed by atoms with Gasteiger partial charge in [0.05, 0.1) is 12.1 Å². The average molecular weight is 340 g/mol. The van der Waals surface area contributed by atoms with Crippen molar-refractivity contribution in [1.29, 1.82) is 0 Å². The molecule has 2 amide bonds. The molecular weight excluding hydrogens is 308 g/mol. The largest absolute Gasteiger partial charge is 0.392 e. The van der Waals surface area contributed by atoms with Crippen LogP contribution in [0.1, 0.15) is 27.7 Å². The maximum Gasteiger partial charge on any atom is 0.239 e. The van der Waals surface area contributed by atoms with Crippen molar-refractivity contribution in [3.05, 3.63) is 0 Å². The van der Waals surface area contributed by atoms with Crippen LogP contribution in [-0.2, 0) is 9.59 Å². The number of carbonyl (C=O) groups is 2. The Balaban J connectivity index is 1.85. The molecule has 0 aromatic rings. The fraction of sp³-hybridized carbons (Fsp3) is 0.882. The number of amides is 2. The van der Waals surface area contributed by atoms with E-state index in [1.165, 1.54) is 0 Å². The van der Waals surface area contributed by atoms with E-state index in [0.29, 0.717) is 38.8 Å². The first-order valence-corrected chi connectivity index (χ1v) is 9.00. The summed E-state index contributed by atoms with van der Waals surface area (Å²) in [5.74, 6) is 0.243. The number of rotatable bonds is 4. The van der Waals surface area contributed by atoms with Crippen LogP contribution in [0.5, 0.6) is 0 Å². The van der Waals surface area contributed by atoms with Gasteiger partial charge < -0.3 is 14.9 Å². The monoisotopic (exact) mass is 340 g/mol. The number of nitrogens with zero attached hydrogens (tertiary/aromatic N) is 4. The molecular formula is C17H32N4O3. The van der Waals surface area contributed by atoms with Crippen molar-refractivity contribution in [2.45, 2.75) is 45.9 Å². The number of hydrogen-bond acceptors (Lipinski definition) is 5. The van der Waals surface area contributed by atoms with Gasteiger partial charge in [0.1, 0.15) is 0 Å². The zero-order valence-corrected chi connectivity index (χ0v) is 15.4. The van der Waals surface area contributed by atoms with Gasteiger partial charge in [0.2, 0.25) is 11.8 Å². The van der Waals surface area contributed by atoms with Crippen molar-refractivity contribution in [1.82, 2.24) is 19.6 Å². The number of aliphatic hydroxyl groups is 1. The molecule has 2 aliphatic heterocycles. The fourth-order valence-electron chi connectivity index (χ4n) is 3.65. The van der Waals surface area contributed by atoms with Crippen molar-refractivity contribution in [2.75, 3.05) is 52.4 Å². The highest BCUT2D eigenvalue weighted by atomic mass is 16.3. The van der Waals surface area contributed by atoms with Crippen LogP contribution in [-0.4, -0.2) is 107 Å². The first-order valence-electron chi connectivity index (χ1n) is 9.00. The minimum absolute atomic E-state index is 0.0817. The number of hydrogen-bond donors (Lipinski definition) is 1. The van der Waals surface area contributed by atoms with Crippen LogP contribution in [0.15, 0.2) is 0 Å². The van der Waals surface area contributed by atoms with Crippen LogP contribution in [0.2, 0.25) is 0 Å². The molecule has 2 heterocycles. The van der Waals surface area contributed by atoms with Crippen LogP contribution in [0, 0.1) is 0 Å². The standard InChI is InChI=1S/C17H32N4O3/c1-13-11-21(10-9-20(13)12-14(2)22)15(3)17(24)19-7-5-18(6-8-19)16(4)23/h13-15,22H,5-12H2,1-4H3. The van der Waals surface area contributed by atoms with Gasteiger partial charge in [-0.3, -0.25) is 19.4 Å². The normalized spacial score (nSPS) is 26.3. The SMILES string of the molecule is CC(=O)N1CCN(C(=O)C(C)N2CCN(CC(C)O)C(C)C2)CC1. The smallest absolute Gasteiger partial charge is 0.239 e. The lowest BCUT2D eigenvalue weighted by molar-refractivity contribution is -0.142. The van der Waals surface area contributed by atoms with Crippen LogP contribution in [0.25, 0.3) is 0 Å². The van der Waals surface area contributed by atoms with E-state index in [0.717, 1.165) is 19.6 Å². The molecule has 138 valence electrons. The van der Waals surface area contributed by atoms with Crippen LogP contribution >= 0.6 is 0 Å². The molecule has 24 heavy (non-hydrogen) atoms. The van der Waals surface area contributed by atoms with Gasteiger partial charge in [0.25, 0.3) is 0 Å². The summed E-state index contributed by atoms with van der Waals surface area (Å²) in [5, 5.41) is 9.57. The maximum atomic E-state index is 12.8. The van der Waals surface area contributed by atoms with Crippen LogP contribution < -0.4 is 0 Å². The van der Waals surface area contributed by atoms with E-state index in [1.807, 2.05) is 18.7 Å². The quantitative estimate of drug-likeness (QED) is 0.744. The Labute approximate surface area is 145 Å². The molecule has 0 radical (unpaired) electrons. The van der Waals surface area contributed by atoms with Crippen molar-refractivity contribution in [3.63, 3.8) is 0 Å². The van der Waals surface area contributed by atoms with Crippen molar-refractivity contribution >= 4 is 11.8 Å². The second kappa shape index (κ2) is 8.27. The van der Waals surface area contributed by atoms with E-state index in [-0.39, 0.29) is 24.0 Å². The topological polar surface area (TPSA) is 67.3 Å². The Morgan fingerprint density at radius 2 is 1.62 bits per heavy atom. The summed E-state index contributed by atoms with van der Waals surface area (Å²) in [6, 6.07) is 0.197. The van der Waals surface area contributed by atoms with Gasteiger partial charge in [-0.25, -0.2) is 0 Å². The number of β-amino-alcohol motifs (C(OH)–C–C–N with tert-alkyl or cyclic N) is 1. The first-order chi connectivity index (χ1) is 11.3. The number of carbonyl (C=O) groups excluding carboxylic acids is 2. The molecule has 0 spiro atoms. The first kappa shape index (κ1) is 19.1. The fourth-order valence-corrected chi connectivity index (χ4v) is 3.65. The van der Waals surface area contributed by atoms with Crippen LogP contribution in [0.4, 0.5) is 0 Å². The summed E-state index contributed by atoms with van der Waals surface area (Å²) in [5.41, 5.74) is 0. The van der Waals surface area contributed by atoms with E-state index in [1.54, 1.807) is 11.8 Å². The number of piperazine rings is 2. The molecule has 2 fully saturated rings. The zero-order valence-electron chi connectivity index (χ0n) is 15.4. The molecule has 0 saturated carbocycles. The summed E-state index contributed by atoms with van der Waals surface area (Å²) >= 11 is 0. The van der Waals surface area contributed by atoms with E-state index in [4.69, 9.17) is 0 Å². The Bertz CT molecular complexity index is 449. The van der Waals surface area contributed by atoms with Crippen molar-refractivity contribution < 1.29 is 14.7 Å². The van der Waals surface area contributed by atoms with E-state index in [2.05, 4.69) is 16.7 Å². The van der Waals surface area contributed by atoms with Crippen molar-refractivity contribution in [2.24, 2.45) is 0 Å². The Kier molecular flexibility index (Phi) is 6.60. The van der Waals surface area contributed by atoms with Crippen molar-refractivity contribution in [3.8, 4) is 0 Å². The highest BCUT2D eigenvalue weighted by Gasteiger charge is 2.33. The molecule has 0 aromatic carbocycles. The summed E-state index contributed by atoms with van der Waals surface area (Å²) < 4.78 is 0. The predicted molar refractivity (Wildman–Crippen MR) is 92.6 cm³/mol. The molecule has 3 atom stereocenters. The van der Waals surface area contributed by atoms with Crippen LogP contribution in [0.3, 0.4) is 0 Å². The molecule has 0 aliphatic carbocycles. The third kappa shape index (κ3) is 4.68. The minimum atomic E-state index is -0.323. The second-order valence-electron chi connectivity index (χ2n) is 7.20. The lowest BCUT2D eigenvalue weighted by Gasteiger charge is -2.44. The lowest BCUT2D eigenvalue weighted by atomic mass is 10.1. The highest BCUT2D eigenvalue weighted by Crippen LogP contribution is 2.15. The zero-order chi connectivity index (χ0) is 17.9. The summed E-state index contributed by atoms with van der Waals surface area (Å²) in [6.45, 7) is 13.3. The summed E-state index contributed by atoms with van der Waals surface area (Å²) in [4.78, 5) is 32.4. The molecule has 7 heteroatoms. The molecule has 0 bridgehead atoms. The molecule has 2 rings (SSSR count). The summed E-state index contributed by atoms with van der Waals surface area (Å²) in [7, 11) is 0. The van der Waals surface area contributed by atoms with Gasteiger partial charge in [0, 0.05) is 65.3 Å². The minimum Gasteiger partial charge on any atom is -0.392 e. The van der Waals surface area contributed by atoms with Gasteiger partial charge in [-0.2, -0.15) is 0 Å². The average Bonchev–Trinajstić information content (AvgIpc) is 2.55. The van der Waals surface area contributed by atoms with Gasteiger partial charge in [-0.1, -0.05) is 0 Å². The van der Waals surface area contributed by atoms with Gasteiger partial charge in [0.15, 0.2) is 0 Å². The Morgan fingerprint density at radius 1 is 1.04 bits per heavy atom. The predicted octanol–water partition coefficient (Wildman–Crippen LogP) is -0.547.